The molecule has 0 aliphatic rings. The number of hydrogen-bond acceptors (Lipinski definition) is 4. The van der Waals surface area contributed by atoms with Crippen molar-refractivity contribution in [2.75, 3.05) is 20.7 Å². The van der Waals surface area contributed by atoms with Crippen LogP contribution < -0.4 is 0 Å². The fourth-order valence-electron chi connectivity index (χ4n) is 2.63. The molecule has 0 aliphatic carbocycles. The van der Waals surface area contributed by atoms with Crippen LogP contribution in [0.5, 0.6) is 0 Å². The molecule has 1 amide bonds. The number of carbonyl (C=O) groups excluding carboxylic acids is 1. The molecule has 0 spiro atoms. The Morgan fingerprint density at radius 1 is 1.21 bits per heavy atom. The SMILES string of the molecule is C=C(O)/C=C\C(=C)C(C)CCN(C)C(C)C(=O)N(Cc1ccc(C)cc1)OC. The van der Waals surface area contributed by atoms with Gasteiger partial charge in [0.15, 0.2) is 0 Å². The molecular weight excluding hydrogens is 352 g/mol. The molecule has 0 bridgehead atoms. The van der Waals surface area contributed by atoms with E-state index in [9.17, 15) is 4.79 Å². The van der Waals surface area contributed by atoms with Crippen molar-refractivity contribution in [1.82, 2.24) is 9.96 Å². The van der Waals surface area contributed by atoms with Crippen LogP contribution in [0.3, 0.4) is 0 Å². The van der Waals surface area contributed by atoms with Gasteiger partial charge in [-0.1, -0.05) is 61.6 Å². The van der Waals surface area contributed by atoms with E-state index in [2.05, 4.69) is 20.1 Å². The molecule has 2 atom stereocenters. The van der Waals surface area contributed by atoms with Crippen molar-refractivity contribution in [3.63, 3.8) is 0 Å². The highest BCUT2D eigenvalue weighted by Gasteiger charge is 2.24. The summed E-state index contributed by atoms with van der Waals surface area (Å²) < 4.78 is 0. The zero-order chi connectivity index (χ0) is 21.3. The predicted octanol–water partition coefficient (Wildman–Crippen LogP) is 4.42. The number of benzene rings is 1. The molecular formula is C23H34N2O3. The lowest BCUT2D eigenvalue weighted by atomic mass is 9.98. The highest BCUT2D eigenvalue weighted by atomic mass is 16.7. The monoisotopic (exact) mass is 386 g/mol. The highest BCUT2D eigenvalue weighted by Crippen LogP contribution is 2.16. The van der Waals surface area contributed by atoms with Crippen molar-refractivity contribution in [2.24, 2.45) is 5.92 Å². The van der Waals surface area contributed by atoms with Crippen molar-refractivity contribution >= 4 is 5.91 Å². The van der Waals surface area contributed by atoms with Crippen LogP contribution in [0.15, 0.2) is 60.9 Å². The largest absolute Gasteiger partial charge is 0.509 e. The van der Waals surface area contributed by atoms with Crippen LogP contribution in [0.1, 0.15) is 31.4 Å². The van der Waals surface area contributed by atoms with Gasteiger partial charge < -0.3 is 5.11 Å². The molecule has 0 aromatic heterocycles. The second kappa shape index (κ2) is 11.5. The Morgan fingerprint density at radius 2 is 1.82 bits per heavy atom. The van der Waals surface area contributed by atoms with E-state index in [-0.39, 0.29) is 23.6 Å². The van der Waals surface area contributed by atoms with E-state index in [1.54, 1.807) is 6.08 Å². The average Bonchev–Trinajstić information content (AvgIpc) is 2.68. The molecule has 5 nitrogen and oxygen atoms in total. The van der Waals surface area contributed by atoms with Gasteiger partial charge in [-0.15, -0.1) is 0 Å². The summed E-state index contributed by atoms with van der Waals surface area (Å²) in [7, 11) is 3.45. The maximum absolute atomic E-state index is 12.8. The van der Waals surface area contributed by atoms with E-state index in [1.165, 1.54) is 23.8 Å². The van der Waals surface area contributed by atoms with Gasteiger partial charge in [-0.25, -0.2) is 5.06 Å². The van der Waals surface area contributed by atoms with Crippen LogP contribution in [0.4, 0.5) is 0 Å². The number of amides is 1. The average molecular weight is 387 g/mol. The molecule has 0 heterocycles. The smallest absolute Gasteiger partial charge is 0.263 e. The Hall–Kier alpha value is -2.37. The summed E-state index contributed by atoms with van der Waals surface area (Å²) in [4.78, 5) is 20.2. The number of carbonyl (C=O) groups is 1. The summed E-state index contributed by atoms with van der Waals surface area (Å²) in [5.74, 6) is 0.165. The van der Waals surface area contributed by atoms with Crippen LogP contribution in [0.2, 0.25) is 0 Å². The molecule has 154 valence electrons. The summed E-state index contributed by atoms with van der Waals surface area (Å²) in [6, 6.07) is 7.75. The number of hydrogen-bond donors (Lipinski definition) is 1. The van der Waals surface area contributed by atoms with Gasteiger partial charge in [-0.2, -0.15) is 0 Å². The molecule has 0 saturated heterocycles. The minimum atomic E-state index is -0.307. The summed E-state index contributed by atoms with van der Waals surface area (Å²) >= 11 is 0. The lowest BCUT2D eigenvalue weighted by Crippen LogP contribution is -2.45. The summed E-state index contributed by atoms with van der Waals surface area (Å²) in [6.45, 7) is 14.6. The number of aliphatic hydroxyl groups is 1. The van der Waals surface area contributed by atoms with Crippen LogP contribution in [0.25, 0.3) is 0 Å². The molecule has 1 aromatic carbocycles. The lowest BCUT2D eigenvalue weighted by Gasteiger charge is -2.29. The predicted molar refractivity (Wildman–Crippen MR) is 115 cm³/mol. The van der Waals surface area contributed by atoms with E-state index in [0.29, 0.717) is 6.54 Å². The molecule has 0 saturated carbocycles. The number of allylic oxidation sites excluding steroid dienone is 3. The Bertz CT molecular complexity index is 694. The first-order valence-corrected chi connectivity index (χ1v) is 9.51. The number of aryl methyl sites for hydroxylation is 1. The molecule has 1 N–H and O–H groups in total. The van der Waals surface area contributed by atoms with Gasteiger partial charge in [0.1, 0.15) is 5.76 Å². The Kier molecular flexibility index (Phi) is 9.69. The molecule has 0 aliphatic heterocycles. The lowest BCUT2D eigenvalue weighted by molar-refractivity contribution is -0.184. The van der Waals surface area contributed by atoms with Crippen LogP contribution in [0, 0.1) is 12.8 Å². The first-order valence-electron chi connectivity index (χ1n) is 9.51. The molecule has 28 heavy (non-hydrogen) atoms. The van der Waals surface area contributed by atoms with Crippen LogP contribution >= 0.6 is 0 Å². The molecule has 1 rings (SSSR count). The van der Waals surface area contributed by atoms with Crippen LogP contribution in [-0.4, -0.2) is 47.7 Å². The Labute approximate surface area is 169 Å². The standard InChI is InChI=1S/C23H34N2O3/c1-17-8-12-22(13-9-17)16-25(28-7)23(27)21(5)24(6)15-14-19(3)18(2)10-11-20(4)26/h8-13,19,21,26H,2,4,14-16H2,1,3,5-7H3/b11-10-. The van der Waals surface area contributed by atoms with E-state index in [1.807, 2.05) is 50.1 Å². The van der Waals surface area contributed by atoms with Crippen molar-refractivity contribution in [1.29, 1.82) is 0 Å². The number of aliphatic hydroxyl groups excluding tert-OH is 1. The Balaban J connectivity index is 2.60. The van der Waals surface area contributed by atoms with E-state index < -0.39 is 0 Å². The third-order valence-electron chi connectivity index (χ3n) is 4.97. The number of hydroxylamine groups is 2. The van der Waals surface area contributed by atoms with Gasteiger partial charge in [-0.05, 0) is 51.4 Å². The Morgan fingerprint density at radius 3 is 2.36 bits per heavy atom. The summed E-state index contributed by atoms with van der Waals surface area (Å²) in [5.41, 5.74) is 3.12. The first kappa shape index (κ1) is 23.7. The maximum Gasteiger partial charge on any atom is 0.263 e. The molecule has 5 heteroatoms. The second-order valence-electron chi connectivity index (χ2n) is 7.29. The number of rotatable bonds is 11. The van der Waals surface area contributed by atoms with Crippen molar-refractivity contribution in [2.45, 2.75) is 39.8 Å². The van der Waals surface area contributed by atoms with Gasteiger partial charge in [0.05, 0.1) is 19.7 Å². The van der Waals surface area contributed by atoms with E-state index in [4.69, 9.17) is 9.94 Å². The molecule has 2 unspecified atom stereocenters. The van der Waals surface area contributed by atoms with E-state index >= 15 is 0 Å². The normalized spacial score (nSPS) is 13.5. The van der Waals surface area contributed by atoms with Gasteiger partial charge >= 0.3 is 0 Å². The van der Waals surface area contributed by atoms with Gasteiger partial charge in [0, 0.05) is 0 Å². The zero-order valence-electron chi connectivity index (χ0n) is 17.8. The second-order valence-corrected chi connectivity index (χ2v) is 7.29. The fourth-order valence-corrected chi connectivity index (χ4v) is 2.63. The minimum Gasteiger partial charge on any atom is -0.509 e. The van der Waals surface area contributed by atoms with Crippen molar-refractivity contribution in [3.05, 3.63) is 72.0 Å². The van der Waals surface area contributed by atoms with Gasteiger partial charge in [0.2, 0.25) is 0 Å². The summed E-state index contributed by atoms with van der Waals surface area (Å²) in [5, 5.41) is 10.6. The zero-order valence-corrected chi connectivity index (χ0v) is 17.8. The quantitative estimate of drug-likeness (QED) is 0.348. The van der Waals surface area contributed by atoms with Gasteiger partial charge in [-0.3, -0.25) is 14.5 Å². The summed E-state index contributed by atoms with van der Waals surface area (Å²) in [6.07, 6.45) is 4.16. The third kappa shape index (κ3) is 7.71. The minimum absolute atomic E-state index is 0.0120. The van der Waals surface area contributed by atoms with Crippen LogP contribution in [-0.2, 0) is 16.2 Å². The highest BCUT2D eigenvalue weighted by molar-refractivity contribution is 5.80. The van der Waals surface area contributed by atoms with Crippen molar-refractivity contribution in [3.8, 4) is 0 Å². The number of likely N-dealkylation sites (N-methyl/N-ethyl adjacent to an activating group) is 1. The topological polar surface area (TPSA) is 53.0 Å². The maximum atomic E-state index is 12.8. The third-order valence-corrected chi connectivity index (χ3v) is 4.97. The fraction of sp³-hybridized carbons (Fsp3) is 0.435. The first-order chi connectivity index (χ1) is 13.1. The van der Waals surface area contributed by atoms with E-state index in [0.717, 1.165) is 24.1 Å². The van der Waals surface area contributed by atoms with Gasteiger partial charge in [0.25, 0.3) is 5.91 Å². The molecule has 0 fully saturated rings. The van der Waals surface area contributed by atoms with Crippen molar-refractivity contribution < 1.29 is 14.7 Å². The molecule has 1 aromatic rings. The molecule has 0 radical (unpaired) electrons. The number of nitrogens with zero attached hydrogens (tertiary/aromatic N) is 2.